The molecule has 1 aromatic carbocycles. The lowest BCUT2D eigenvalue weighted by Gasteiger charge is -2.33. The Balaban J connectivity index is 1.65. The SMILES string of the molecule is COCc1nccc(C(=O)N2CCc3cc(C(C)(C)C)cc([C@@H]4CCCN4)c3C2)n1. The Morgan fingerprint density at radius 2 is 2.17 bits per heavy atom. The van der Waals surface area contributed by atoms with Crippen LogP contribution in [0.2, 0.25) is 0 Å². The maximum absolute atomic E-state index is 13.2. The molecular formula is C24H32N4O2. The van der Waals surface area contributed by atoms with Gasteiger partial charge in [0.25, 0.3) is 5.91 Å². The molecule has 160 valence electrons. The van der Waals surface area contributed by atoms with Crippen molar-refractivity contribution >= 4 is 5.91 Å². The molecule has 1 saturated heterocycles. The minimum absolute atomic E-state index is 0.0365. The van der Waals surface area contributed by atoms with Crippen molar-refractivity contribution in [2.75, 3.05) is 20.2 Å². The predicted octanol–water partition coefficient (Wildman–Crippen LogP) is 3.54. The topological polar surface area (TPSA) is 67.3 Å². The molecule has 1 aromatic heterocycles. The molecule has 6 heteroatoms. The number of carbonyl (C=O) groups is 1. The van der Waals surface area contributed by atoms with Crippen LogP contribution < -0.4 is 5.32 Å². The fraction of sp³-hybridized carbons (Fsp3) is 0.542. The first kappa shape index (κ1) is 20.9. The van der Waals surface area contributed by atoms with Crippen molar-refractivity contribution in [2.24, 2.45) is 0 Å². The first-order chi connectivity index (χ1) is 14.4. The zero-order valence-corrected chi connectivity index (χ0v) is 18.5. The van der Waals surface area contributed by atoms with Crippen LogP contribution in [-0.2, 0) is 29.7 Å². The monoisotopic (exact) mass is 408 g/mol. The van der Waals surface area contributed by atoms with Gasteiger partial charge in [0, 0.05) is 32.4 Å². The van der Waals surface area contributed by atoms with Crippen molar-refractivity contribution in [3.8, 4) is 0 Å². The van der Waals surface area contributed by atoms with E-state index in [0.717, 1.165) is 19.4 Å². The first-order valence-electron chi connectivity index (χ1n) is 10.9. The molecule has 0 unspecified atom stereocenters. The number of fused-ring (bicyclic) bond motifs is 1. The smallest absolute Gasteiger partial charge is 0.272 e. The highest BCUT2D eigenvalue weighted by Gasteiger charge is 2.30. The number of nitrogens with one attached hydrogen (secondary N) is 1. The summed E-state index contributed by atoms with van der Waals surface area (Å²) in [5.74, 6) is 0.497. The third-order valence-electron chi connectivity index (χ3n) is 6.16. The Bertz CT molecular complexity index is 929. The number of hydrogen-bond donors (Lipinski definition) is 1. The third kappa shape index (κ3) is 4.25. The number of rotatable bonds is 4. The van der Waals surface area contributed by atoms with Gasteiger partial charge in [0.15, 0.2) is 5.82 Å². The van der Waals surface area contributed by atoms with Crippen LogP contribution in [0.3, 0.4) is 0 Å². The van der Waals surface area contributed by atoms with Gasteiger partial charge in [-0.05, 0) is 59.5 Å². The summed E-state index contributed by atoms with van der Waals surface area (Å²) in [6.45, 7) is 9.52. The first-order valence-corrected chi connectivity index (χ1v) is 10.9. The molecule has 0 spiro atoms. The van der Waals surface area contributed by atoms with Crippen LogP contribution in [0.1, 0.15) is 78.2 Å². The van der Waals surface area contributed by atoms with Crippen LogP contribution in [0.5, 0.6) is 0 Å². The molecule has 3 heterocycles. The highest BCUT2D eigenvalue weighted by Crippen LogP contribution is 2.36. The maximum atomic E-state index is 13.2. The molecule has 30 heavy (non-hydrogen) atoms. The summed E-state index contributed by atoms with van der Waals surface area (Å²) in [5, 5.41) is 3.66. The largest absolute Gasteiger partial charge is 0.377 e. The maximum Gasteiger partial charge on any atom is 0.272 e. The van der Waals surface area contributed by atoms with E-state index in [9.17, 15) is 4.79 Å². The fourth-order valence-electron chi connectivity index (χ4n) is 4.44. The van der Waals surface area contributed by atoms with Gasteiger partial charge in [-0.15, -0.1) is 0 Å². The Kier molecular flexibility index (Phi) is 5.89. The van der Waals surface area contributed by atoms with Gasteiger partial charge in [-0.3, -0.25) is 4.79 Å². The second-order valence-corrected chi connectivity index (χ2v) is 9.37. The summed E-state index contributed by atoms with van der Waals surface area (Å²) >= 11 is 0. The summed E-state index contributed by atoms with van der Waals surface area (Å²) in [7, 11) is 1.60. The molecule has 0 aliphatic carbocycles. The van der Waals surface area contributed by atoms with E-state index in [0.29, 0.717) is 37.3 Å². The lowest BCUT2D eigenvalue weighted by molar-refractivity contribution is 0.0726. The Hall–Kier alpha value is -2.31. The molecule has 6 nitrogen and oxygen atoms in total. The van der Waals surface area contributed by atoms with Crippen LogP contribution in [-0.4, -0.2) is 41.0 Å². The number of carbonyl (C=O) groups excluding carboxylic acids is 1. The highest BCUT2D eigenvalue weighted by atomic mass is 16.5. The minimum atomic E-state index is -0.0365. The van der Waals surface area contributed by atoms with E-state index < -0.39 is 0 Å². The number of ether oxygens (including phenoxy) is 1. The van der Waals surface area contributed by atoms with E-state index in [1.165, 1.54) is 28.7 Å². The number of benzene rings is 1. The molecule has 0 saturated carbocycles. The number of hydrogen-bond acceptors (Lipinski definition) is 5. The van der Waals surface area contributed by atoms with Crippen molar-refractivity contribution in [3.05, 3.63) is 58.2 Å². The van der Waals surface area contributed by atoms with E-state index >= 15 is 0 Å². The summed E-state index contributed by atoms with van der Waals surface area (Å²) in [6, 6.07) is 6.80. The molecular weight excluding hydrogens is 376 g/mol. The predicted molar refractivity (Wildman–Crippen MR) is 116 cm³/mol. The van der Waals surface area contributed by atoms with Crippen molar-refractivity contribution in [3.63, 3.8) is 0 Å². The van der Waals surface area contributed by atoms with Crippen LogP contribution in [0.4, 0.5) is 0 Å². The van der Waals surface area contributed by atoms with E-state index in [1.54, 1.807) is 19.4 Å². The Morgan fingerprint density at radius 1 is 1.33 bits per heavy atom. The summed E-state index contributed by atoms with van der Waals surface area (Å²) < 4.78 is 5.11. The standard InChI is InChI=1S/C24H32N4O2/c1-24(2,3)17-12-16-8-11-28(14-19(16)18(13-17)20-6-5-9-25-20)23(29)21-7-10-26-22(27-21)15-30-4/h7,10,12-13,20,25H,5-6,8-9,11,14-15H2,1-4H3/t20-/m0/s1. The molecule has 2 aliphatic rings. The average Bonchev–Trinajstić information content (AvgIpc) is 3.26. The average molecular weight is 409 g/mol. The minimum Gasteiger partial charge on any atom is -0.377 e. The van der Waals surface area contributed by atoms with Gasteiger partial charge < -0.3 is 15.0 Å². The van der Waals surface area contributed by atoms with Gasteiger partial charge in [0.2, 0.25) is 0 Å². The molecule has 2 aliphatic heterocycles. The zero-order valence-electron chi connectivity index (χ0n) is 18.5. The Morgan fingerprint density at radius 3 is 2.87 bits per heavy atom. The van der Waals surface area contributed by atoms with E-state index in [4.69, 9.17) is 4.74 Å². The lowest BCUT2D eigenvalue weighted by atomic mass is 9.80. The summed E-state index contributed by atoms with van der Waals surface area (Å²) in [5.41, 5.74) is 5.99. The number of methoxy groups -OCH3 is 1. The molecule has 0 radical (unpaired) electrons. The van der Waals surface area contributed by atoms with Crippen molar-refractivity contribution < 1.29 is 9.53 Å². The van der Waals surface area contributed by atoms with Crippen LogP contribution in [0.25, 0.3) is 0 Å². The van der Waals surface area contributed by atoms with E-state index in [-0.39, 0.29) is 11.3 Å². The Labute approximate surface area is 179 Å². The van der Waals surface area contributed by atoms with Gasteiger partial charge in [-0.1, -0.05) is 32.9 Å². The van der Waals surface area contributed by atoms with E-state index in [2.05, 4.69) is 48.2 Å². The van der Waals surface area contributed by atoms with Gasteiger partial charge in [0.1, 0.15) is 12.3 Å². The second kappa shape index (κ2) is 8.44. The van der Waals surface area contributed by atoms with Gasteiger partial charge in [-0.2, -0.15) is 0 Å². The van der Waals surface area contributed by atoms with Crippen molar-refractivity contribution in [1.82, 2.24) is 20.2 Å². The quantitative estimate of drug-likeness (QED) is 0.838. The summed E-state index contributed by atoms with van der Waals surface area (Å²) in [6.07, 6.45) is 4.86. The number of nitrogens with zero attached hydrogens (tertiary/aromatic N) is 3. The fourth-order valence-corrected chi connectivity index (χ4v) is 4.44. The molecule has 0 bridgehead atoms. The normalized spacial score (nSPS) is 19.1. The van der Waals surface area contributed by atoms with Gasteiger partial charge in [-0.25, -0.2) is 9.97 Å². The summed E-state index contributed by atoms with van der Waals surface area (Å²) in [4.78, 5) is 23.7. The van der Waals surface area contributed by atoms with Crippen LogP contribution >= 0.6 is 0 Å². The van der Waals surface area contributed by atoms with Crippen molar-refractivity contribution in [1.29, 1.82) is 0 Å². The second-order valence-electron chi connectivity index (χ2n) is 9.37. The van der Waals surface area contributed by atoms with E-state index in [1.807, 2.05) is 4.90 Å². The van der Waals surface area contributed by atoms with Crippen LogP contribution in [0, 0.1) is 0 Å². The number of aromatic nitrogens is 2. The third-order valence-corrected chi connectivity index (χ3v) is 6.16. The molecule has 1 N–H and O–H groups in total. The highest BCUT2D eigenvalue weighted by molar-refractivity contribution is 5.92. The van der Waals surface area contributed by atoms with Gasteiger partial charge >= 0.3 is 0 Å². The number of amides is 1. The van der Waals surface area contributed by atoms with Gasteiger partial charge in [0.05, 0.1) is 0 Å². The zero-order chi connectivity index (χ0) is 21.3. The van der Waals surface area contributed by atoms with Crippen LogP contribution in [0.15, 0.2) is 24.4 Å². The van der Waals surface area contributed by atoms with Crippen molar-refractivity contribution in [2.45, 2.75) is 64.6 Å². The molecule has 1 fully saturated rings. The molecule has 4 rings (SSSR count). The lowest BCUT2D eigenvalue weighted by Crippen LogP contribution is -2.38. The molecule has 1 amide bonds. The molecule has 1 atom stereocenters. The molecule has 2 aromatic rings.